The topological polar surface area (TPSA) is 84.7 Å². The van der Waals surface area contributed by atoms with Gasteiger partial charge in [0.05, 0.1) is 18.9 Å². The number of rotatable bonds is 5. The number of ether oxygens (including phenoxy) is 1. The fourth-order valence-corrected chi connectivity index (χ4v) is 3.03. The molecule has 10 heteroatoms. The normalized spacial score (nSPS) is 18.5. The van der Waals surface area contributed by atoms with E-state index in [-0.39, 0.29) is 31.6 Å². The molecule has 1 aromatic heterocycles. The van der Waals surface area contributed by atoms with Crippen molar-refractivity contribution in [3.05, 3.63) is 18.2 Å². The van der Waals surface area contributed by atoms with Gasteiger partial charge < -0.3 is 19.3 Å². The smallest absolute Gasteiger partial charge is 0.425 e. The Labute approximate surface area is 148 Å². The number of alkyl halides is 3. The summed E-state index contributed by atoms with van der Waals surface area (Å²) >= 11 is 0. The van der Waals surface area contributed by atoms with Crippen molar-refractivity contribution < 1.29 is 32.6 Å². The van der Waals surface area contributed by atoms with E-state index in [1.807, 2.05) is 0 Å². The summed E-state index contributed by atoms with van der Waals surface area (Å²) < 4.78 is 46.4. The van der Waals surface area contributed by atoms with Gasteiger partial charge in [0, 0.05) is 32.5 Å². The Kier molecular flexibility index (Phi) is 5.94. The van der Waals surface area contributed by atoms with Gasteiger partial charge >= 0.3 is 12.1 Å². The Bertz CT molecular complexity index is 653. The minimum atomic E-state index is -5.06. The van der Waals surface area contributed by atoms with Crippen LogP contribution in [0.2, 0.25) is 0 Å². The third-order valence-electron chi connectivity index (χ3n) is 4.53. The Hall–Kier alpha value is -2.10. The molecule has 1 N–H and O–H groups in total. The van der Waals surface area contributed by atoms with Gasteiger partial charge in [-0.1, -0.05) is 0 Å². The van der Waals surface area contributed by atoms with E-state index in [4.69, 9.17) is 4.74 Å². The van der Waals surface area contributed by atoms with Gasteiger partial charge in [-0.05, 0) is 19.8 Å². The zero-order valence-electron chi connectivity index (χ0n) is 14.6. The number of aryl methyl sites for hydroxylation is 1. The molecule has 1 aliphatic rings. The molecule has 0 spiro atoms. The van der Waals surface area contributed by atoms with Crippen molar-refractivity contribution in [3.63, 3.8) is 0 Å². The highest BCUT2D eigenvalue weighted by Gasteiger charge is 2.59. The van der Waals surface area contributed by atoms with Gasteiger partial charge in [-0.15, -0.1) is 0 Å². The fourth-order valence-electron chi connectivity index (χ4n) is 3.03. The van der Waals surface area contributed by atoms with E-state index >= 15 is 0 Å². The molecule has 1 amide bonds. The number of carbonyl (C=O) groups is 2. The van der Waals surface area contributed by atoms with E-state index in [2.05, 4.69) is 4.98 Å². The van der Waals surface area contributed by atoms with Gasteiger partial charge in [-0.2, -0.15) is 13.2 Å². The number of aromatic nitrogens is 2. The van der Waals surface area contributed by atoms with Gasteiger partial charge in [0.1, 0.15) is 0 Å². The molecule has 2 heterocycles. The summed E-state index contributed by atoms with van der Waals surface area (Å²) in [6, 6.07) is 0. The fraction of sp³-hybridized carbons (Fsp3) is 0.688. The molecule has 0 bridgehead atoms. The molecule has 1 atom stereocenters. The first-order chi connectivity index (χ1) is 12.1. The van der Waals surface area contributed by atoms with Crippen molar-refractivity contribution in [1.82, 2.24) is 14.5 Å². The van der Waals surface area contributed by atoms with Crippen molar-refractivity contribution in [2.75, 3.05) is 19.7 Å². The van der Waals surface area contributed by atoms with E-state index in [1.54, 1.807) is 6.92 Å². The number of halogens is 3. The number of likely N-dealkylation sites (tertiary alicyclic amines) is 1. The number of nitrogens with zero attached hydrogens (tertiary/aromatic N) is 3. The standard InChI is InChI=1S/C16H22F3N3O4/c1-3-26-13(24)11-4-7-22(8-5-11)12(23)10-15(25,16(17,18)19)14-20-6-9-21(14)2/h6,9,11,25H,3-5,7-8,10H2,1-2H3. The van der Waals surface area contributed by atoms with Gasteiger partial charge in [-0.3, -0.25) is 9.59 Å². The van der Waals surface area contributed by atoms with Crippen LogP contribution in [0.25, 0.3) is 0 Å². The molecule has 26 heavy (non-hydrogen) atoms. The molecule has 0 aliphatic carbocycles. The summed E-state index contributed by atoms with van der Waals surface area (Å²) in [4.78, 5) is 28.9. The van der Waals surface area contributed by atoms with Crippen LogP contribution in [0.15, 0.2) is 12.4 Å². The van der Waals surface area contributed by atoms with Crippen molar-refractivity contribution >= 4 is 11.9 Å². The average molecular weight is 377 g/mol. The van der Waals surface area contributed by atoms with Crippen LogP contribution in [0.3, 0.4) is 0 Å². The molecule has 0 saturated carbocycles. The van der Waals surface area contributed by atoms with Crippen molar-refractivity contribution in [3.8, 4) is 0 Å². The van der Waals surface area contributed by atoms with Crippen LogP contribution < -0.4 is 0 Å². The maximum atomic E-state index is 13.5. The van der Waals surface area contributed by atoms with Gasteiger partial charge in [0.25, 0.3) is 0 Å². The third-order valence-corrected chi connectivity index (χ3v) is 4.53. The molecule has 1 aliphatic heterocycles. The van der Waals surface area contributed by atoms with Gasteiger partial charge in [0.2, 0.25) is 11.5 Å². The second kappa shape index (κ2) is 7.65. The van der Waals surface area contributed by atoms with E-state index < -0.39 is 29.9 Å². The maximum Gasteiger partial charge on any atom is 0.425 e. The summed E-state index contributed by atoms with van der Waals surface area (Å²) in [5.74, 6) is -2.20. The molecular formula is C16H22F3N3O4. The second-order valence-electron chi connectivity index (χ2n) is 6.30. The summed E-state index contributed by atoms with van der Waals surface area (Å²) in [7, 11) is 1.31. The largest absolute Gasteiger partial charge is 0.466 e. The molecule has 1 aromatic rings. The predicted octanol–water partition coefficient (Wildman–Crippen LogP) is 1.36. The van der Waals surface area contributed by atoms with E-state index in [1.165, 1.54) is 18.1 Å². The zero-order chi connectivity index (χ0) is 19.5. The van der Waals surface area contributed by atoms with E-state index in [0.29, 0.717) is 12.8 Å². The van der Waals surface area contributed by atoms with Gasteiger partial charge in [0.15, 0.2) is 5.82 Å². The van der Waals surface area contributed by atoms with Crippen LogP contribution in [0.4, 0.5) is 13.2 Å². The summed E-state index contributed by atoms with van der Waals surface area (Å²) in [5.41, 5.74) is -3.37. The van der Waals surface area contributed by atoms with E-state index in [9.17, 15) is 27.9 Å². The van der Waals surface area contributed by atoms with Crippen LogP contribution in [0, 0.1) is 5.92 Å². The van der Waals surface area contributed by atoms with Crippen molar-refractivity contribution in [1.29, 1.82) is 0 Å². The highest BCUT2D eigenvalue weighted by atomic mass is 19.4. The number of hydrogen-bond donors (Lipinski definition) is 1. The lowest BCUT2D eigenvalue weighted by atomic mass is 9.93. The first-order valence-electron chi connectivity index (χ1n) is 8.31. The first-order valence-corrected chi connectivity index (χ1v) is 8.31. The predicted molar refractivity (Wildman–Crippen MR) is 83.7 cm³/mol. The number of aliphatic hydroxyl groups is 1. The van der Waals surface area contributed by atoms with E-state index in [0.717, 1.165) is 10.8 Å². The minimum absolute atomic E-state index is 0.136. The lowest BCUT2D eigenvalue weighted by Gasteiger charge is -2.34. The molecule has 1 saturated heterocycles. The molecule has 1 unspecified atom stereocenters. The van der Waals surface area contributed by atoms with Crippen LogP contribution in [0.1, 0.15) is 32.0 Å². The highest BCUT2D eigenvalue weighted by molar-refractivity contribution is 5.78. The van der Waals surface area contributed by atoms with Crippen molar-refractivity contribution in [2.45, 2.75) is 38.0 Å². The Morgan fingerprint density at radius 3 is 2.42 bits per heavy atom. The summed E-state index contributed by atoms with van der Waals surface area (Å²) in [5, 5.41) is 10.3. The Morgan fingerprint density at radius 1 is 1.35 bits per heavy atom. The molecular weight excluding hydrogens is 355 g/mol. The minimum Gasteiger partial charge on any atom is -0.466 e. The zero-order valence-corrected chi connectivity index (χ0v) is 14.6. The number of imidazole rings is 1. The highest BCUT2D eigenvalue weighted by Crippen LogP contribution is 2.41. The third kappa shape index (κ3) is 4.00. The SMILES string of the molecule is CCOC(=O)C1CCN(C(=O)CC(O)(c2nccn2C)C(F)(F)F)CC1. The van der Waals surface area contributed by atoms with Crippen LogP contribution >= 0.6 is 0 Å². The quantitative estimate of drug-likeness (QED) is 0.784. The molecule has 0 aromatic carbocycles. The number of carbonyl (C=O) groups excluding carboxylic acids is 2. The summed E-state index contributed by atoms with van der Waals surface area (Å²) in [6.07, 6.45) is -3.20. The number of amides is 1. The molecule has 2 rings (SSSR count). The Morgan fingerprint density at radius 2 is 1.96 bits per heavy atom. The lowest BCUT2D eigenvalue weighted by Crippen LogP contribution is -2.50. The maximum absolute atomic E-state index is 13.5. The number of piperidine rings is 1. The second-order valence-corrected chi connectivity index (χ2v) is 6.30. The van der Waals surface area contributed by atoms with Crippen LogP contribution in [0.5, 0.6) is 0 Å². The number of hydrogen-bond acceptors (Lipinski definition) is 5. The van der Waals surface area contributed by atoms with Crippen LogP contribution in [-0.4, -0.2) is 57.3 Å². The Balaban J connectivity index is 2.08. The molecule has 1 fully saturated rings. The number of esters is 1. The lowest BCUT2D eigenvalue weighted by molar-refractivity contribution is -0.272. The summed E-state index contributed by atoms with van der Waals surface area (Å²) in [6.45, 7) is 2.21. The molecule has 7 nitrogen and oxygen atoms in total. The monoisotopic (exact) mass is 377 g/mol. The molecule has 146 valence electrons. The average Bonchev–Trinajstić information content (AvgIpc) is 3.00. The first kappa shape index (κ1) is 20.2. The van der Waals surface area contributed by atoms with Crippen molar-refractivity contribution in [2.24, 2.45) is 13.0 Å². The van der Waals surface area contributed by atoms with Crippen LogP contribution in [-0.2, 0) is 27.0 Å². The van der Waals surface area contributed by atoms with Gasteiger partial charge in [-0.25, -0.2) is 4.98 Å². The molecule has 0 radical (unpaired) electrons.